The van der Waals surface area contributed by atoms with E-state index in [1.807, 2.05) is 0 Å². The second-order valence-corrected chi connectivity index (χ2v) is 3.88. The van der Waals surface area contributed by atoms with Gasteiger partial charge in [0.2, 0.25) is 0 Å². The molecule has 0 fully saturated rings. The minimum absolute atomic E-state index is 0.0384. The molecule has 0 saturated heterocycles. The first kappa shape index (κ1) is 16.0. The van der Waals surface area contributed by atoms with Crippen LogP contribution in [0.25, 0.3) is 0 Å². The Bertz CT molecular complexity index is 169. The molecule has 98 valence electrons. The third-order valence-corrected chi connectivity index (χ3v) is 2.01. The number of hydrogen-bond acceptors (Lipinski definition) is 3. The van der Waals surface area contributed by atoms with E-state index in [0.717, 1.165) is 0 Å². The fraction of sp³-hybridized carbons (Fsp3) is 1.00. The number of halogens is 4. The van der Waals surface area contributed by atoms with Gasteiger partial charge in [-0.2, -0.15) is 13.2 Å². The maximum absolute atomic E-state index is 11.6. The zero-order chi connectivity index (χ0) is 12.4. The van der Waals surface area contributed by atoms with Crippen LogP contribution < -0.4 is 5.32 Å². The Hall–Kier alpha value is -0.0400. The fourth-order valence-electron chi connectivity index (χ4n) is 0.980. The summed E-state index contributed by atoms with van der Waals surface area (Å²) in [4.78, 5) is 0. The van der Waals surface area contributed by atoms with E-state index in [9.17, 15) is 13.2 Å². The minimum atomic E-state index is -4.25. The van der Waals surface area contributed by atoms with Crippen molar-refractivity contribution in [3.8, 4) is 0 Å². The third kappa shape index (κ3) is 12.0. The smallest absolute Gasteiger partial charge is 0.383 e. The molecule has 0 amide bonds. The summed E-state index contributed by atoms with van der Waals surface area (Å²) in [6.07, 6.45) is -3.55. The van der Waals surface area contributed by atoms with Crippen LogP contribution in [-0.2, 0) is 9.47 Å². The highest BCUT2D eigenvalue weighted by molar-refractivity contribution is 6.20. The van der Waals surface area contributed by atoms with Crippen LogP contribution >= 0.6 is 11.6 Å². The Morgan fingerprint density at radius 1 is 1.31 bits per heavy atom. The summed E-state index contributed by atoms with van der Waals surface area (Å²) in [5.41, 5.74) is 0. The first-order chi connectivity index (χ1) is 7.45. The van der Waals surface area contributed by atoms with Crippen LogP contribution in [0.5, 0.6) is 0 Å². The summed E-state index contributed by atoms with van der Waals surface area (Å²) in [6.45, 7) is 0.320. The average molecular weight is 264 g/mol. The van der Waals surface area contributed by atoms with Crippen molar-refractivity contribution in [3.05, 3.63) is 0 Å². The van der Waals surface area contributed by atoms with Crippen LogP contribution in [0.4, 0.5) is 13.2 Å². The quantitative estimate of drug-likeness (QED) is 0.508. The number of nitrogens with one attached hydrogen (secondary N) is 1. The molecule has 7 heteroatoms. The highest BCUT2D eigenvalue weighted by atomic mass is 35.5. The lowest BCUT2D eigenvalue weighted by molar-refractivity contribution is -0.173. The van der Waals surface area contributed by atoms with E-state index >= 15 is 0 Å². The SMILES string of the molecule is COCC(Cl)CCNCCOCC(F)(F)F. The second-order valence-electron chi connectivity index (χ2n) is 3.26. The molecule has 0 aliphatic carbocycles. The number of methoxy groups -OCH3 is 1. The largest absolute Gasteiger partial charge is 0.411 e. The highest BCUT2D eigenvalue weighted by Crippen LogP contribution is 2.13. The summed E-state index contributed by atoms with van der Waals surface area (Å²) >= 11 is 5.84. The Labute approximate surface area is 98.2 Å². The summed E-state index contributed by atoms with van der Waals surface area (Å²) < 4.78 is 44.2. The first-order valence-electron chi connectivity index (χ1n) is 4.94. The van der Waals surface area contributed by atoms with Gasteiger partial charge in [0.1, 0.15) is 6.61 Å². The maximum atomic E-state index is 11.6. The van der Waals surface area contributed by atoms with Gasteiger partial charge in [-0.05, 0) is 13.0 Å². The summed E-state index contributed by atoms with van der Waals surface area (Å²) in [5.74, 6) is 0. The lowest BCUT2D eigenvalue weighted by atomic mass is 10.3. The monoisotopic (exact) mass is 263 g/mol. The van der Waals surface area contributed by atoms with Crippen LogP contribution in [0.2, 0.25) is 0 Å². The van der Waals surface area contributed by atoms with E-state index in [2.05, 4.69) is 10.1 Å². The second kappa shape index (κ2) is 9.04. The summed E-state index contributed by atoms with van der Waals surface area (Å²) in [7, 11) is 1.56. The van der Waals surface area contributed by atoms with Gasteiger partial charge >= 0.3 is 6.18 Å². The van der Waals surface area contributed by atoms with Gasteiger partial charge in [-0.3, -0.25) is 0 Å². The molecule has 1 N–H and O–H groups in total. The standard InChI is InChI=1S/C9H17ClF3NO2/c1-15-6-8(10)2-3-14-4-5-16-7-9(11,12)13/h8,14H,2-7H2,1H3. The Morgan fingerprint density at radius 3 is 2.56 bits per heavy atom. The molecular formula is C9H17ClF3NO2. The molecule has 16 heavy (non-hydrogen) atoms. The van der Waals surface area contributed by atoms with E-state index in [1.54, 1.807) is 7.11 Å². The molecule has 3 nitrogen and oxygen atoms in total. The maximum Gasteiger partial charge on any atom is 0.411 e. The summed E-state index contributed by atoms with van der Waals surface area (Å²) in [6, 6.07) is 0. The highest BCUT2D eigenvalue weighted by Gasteiger charge is 2.27. The van der Waals surface area contributed by atoms with Crippen molar-refractivity contribution in [2.45, 2.75) is 18.0 Å². The van der Waals surface area contributed by atoms with E-state index in [0.29, 0.717) is 26.1 Å². The normalized spacial score (nSPS) is 14.1. The zero-order valence-electron chi connectivity index (χ0n) is 9.15. The van der Waals surface area contributed by atoms with Crippen molar-refractivity contribution in [2.75, 3.05) is 40.0 Å². The topological polar surface area (TPSA) is 30.5 Å². The molecule has 0 heterocycles. The fourth-order valence-corrected chi connectivity index (χ4v) is 1.22. The molecule has 0 radical (unpaired) electrons. The predicted molar refractivity (Wildman–Crippen MR) is 55.9 cm³/mol. The van der Waals surface area contributed by atoms with Crippen LogP contribution in [0.15, 0.2) is 0 Å². The van der Waals surface area contributed by atoms with Crippen molar-refractivity contribution in [2.24, 2.45) is 0 Å². The summed E-state index contributed by atoms with van der Waals surface area (Å²) in [5, 5.41) is 2.85. The van der Waals surface area contributed by atoms with Crippen molar-refractivity contribution in [1.29, 1.82) is 0 Å². The zero-order valence-corrected chi connectivity index (χ0v) is 9.90. The molecule has 1 unspecified atom stereocenters. The van der Waals surface area contributed by atoms with Gasteiger partial charge in [0, 0.05) is 13.7 Å². The predicted octanol–water partition coefficient (Wildman–Crippen LogP) is 1.80. The molecule has 0 saturated carbocycles. The Balaban J connectivity index is 3.16. The molecule has 0 aromatic heterocycles. The lowest BCUT2D eigenvalue weighted by Gasteiger charge is -2.10. The molecule has 0 aromatic rings. The number of alkyl halides is 4. The lowest BCUT2D eigenvalue weighted by Crippen LogP contribution is -2.26. The van der Waals surface area contributed by atoms with Crippen LogP contribution in [0, 0.1) is 0 Å². The molecule has 0 aromatic carbocycles. The molecule has 0 aliphatic heterocycles. The van der Waals surface area contributed by atoms with Gasteiger partial charge in [-0.25, -0.2) is 0 Å². The molecular weight excluding hydrogens is 247 g/mol. The van der Waals surface area contributed by atoms with Crippen molar-refractivity contribution < 1.29 is 22.6 Å². The first-order valence-corrected chi connectivity index (χ1v) is 5.37. The van der Waals surface area contributed by atoms with Crippen molar-refractivity contribution in [3.63, 3.8) is 0 Å². The van der Waals surface area contributed by atoms with Crippen LogP contribution in [0.1, 0.15) is 6.42 Å². The number of rotatable bonds is 9. The van der Waals surface area contributed by atoms with Gasteiger partial charge in [0.05, 0.1) is 18.6 Å². The van der Waals surface area contributed by atoms with Crippen molar-refractivity contribution >= 4 is 11.6 Å². The number of ether oxygens (including phenoxy) is 2. The van der Waals surface area contributed by atoms with E-state index in [-0.39, 0.29) is 12.0 Å². The van der Waals surface area contributed by atoms with Crippen LogP contribution in [-0.4, -0.2) is 51.6 Å². The Morgan fingerprint density at radius 2 is 2.00 bits per heavy atom. The minimum Gasteiger partial charge on any atom is -0.383 e. The van der Waals surface area contributed by atoms with E-state index in [1.165, 1.54) is 0 Å². The third-order valence-electron chi connectivity index (χ3n) is 1.67. The molecule has 1 atom stereocenters. The average Bonchev–Trinajstić information content (AvgIpc) is 2.15. The van der Waals surface area contributed by atoms with Gasteiger partial charge in [-0.1, -0.05) is 0 Å². The van der Waals surface area contributed by atoms with Crippen LogP contribution in [0.3, 0.4) is 0 Å². The van der Waals surface area contributed by atoms with E-state index < -0.39 is 12.8 Å². The Kier molecular flexibility index (Phi) is 9.02. The van der Waals surface area contributed by atoms with Gasteiger partial charge in [0.25, 0.3) is 0 Å². The van der Waals surface area contributed by atoms with Gasteiger partial charge < -0.3 is 14.8 Å². The van der Waals surface area contributed by atoms with E-state index in [4.69, 9.17) is 16.3 Å². The molecule has 0 bridgehead atoms. The molecule has 0 aliphatic rings. The molecule has 0 spiro atoms. The van der Waals surface area contributed by atoms with Gasteiger partial charge in [0.15, 0.2) is 0 Å². The molecule has 0 rings (SSSR count). The van der Waals surface area contributed by atoms with Crippen molar-refractivity contribution in [1.82, 2.24) is 5.32 Å². The van der Waals surface area contributed by atoms with Gasteiger partial charge in [-0.15, -0.1) is 11.6 Å². The number of hydrogen-bond donors (Lipinski definition) is 1.